The maximum atomic E-state index is 11.6. The van der Waals surface area contributed by atoms with Crippen LogP contribution < -0.4 is 10.9 Å². The van der Waals surface area contributed by atoms with Gasteiger partial charge in [0.25, 0.3) is 5.56 Å². The highest BCUT2D eigenvalue weighted by atomic mass is 35.5. The van der Waals surface area contributed by atoms with E-state index in [0.29, 0.717) is 11.1 Å². The molecule has 1 aliphatic rings. The molecule has 0 unspecified atom stereocenters. The normalized spacial score (nSPS) is 18.6. The zero-order valence-electron chi connectivity index (χ0n) is 11.0. The van der Waals surface area contributed by atoms with Crippen molar-refractivity contribution in [2.24, 2.45) is 12.5 Å². The van der Waals surface area contributed by atoms with Gasteiger partial charge < -0.3 is 5.32 Å². The Morgan fingerprint density at radius 1 is 1.44 bits per heavy atom. The Labute approximate surface area is 112 Å². The Morgan fingerprint density at radius 2 is 2.11 bits per heavy atom. The number of anilines is 1. The van der Waals surface area contributed by atoms with Crippen molar-refractivity contribution in [1.29, 1.82) is 0 Å². The van der Waals surface area contributed by atoms with Crippen LogP contribution in [-0.2, 0) is 7.05 Å². The summed E-state index contributed by atoms with van der Waals surface area (Å²) in [4.78, 5) is 11.6. The van der Waals surface area contributed by atoms with Gasteiger partial charge in [0.2, 0.25) is 0 Å². The van der Waals surface area contributed by atoms with Crippen molar-refractivity contribution in [2.75, 3.05) is 11.9 Å². The van der Waals surface area contributed by atoms with E-state index in [0.717, 1.165) is 6.54 Å². The average molecular weight is 270 g/mol. The predicted molar refractivity (Wildman–Crippen MR) is 74.2 cm³/mol. The van der Waals surface area contributed by atoms with Crippen LogP contribution in [0.5, 0.6) is 0 Å². The van der Waals surface area contributed by atoms with Gasteiger partial charge >= 0.3 is 0 Å². The van der Waals surface area contributed by atoms with Gasteiger partial charge in [-0.2, -0.15) is 5.10 Å². The van der Waals surface area contributed by atoms with Crippen LogP contribution in [0, 0.1) is 5.41 Å². The lowest BCUT2D eigenvalue weighted by Gasteiger charge is -2.34. The number of rotatable bonds is 3. The van der Waals surface area contributed by atoms with Gasteiger partial charge in [-0.15, -0.1) is 0 Å². The van der Waals surface area contributed by atoms with E-state index < -0.39 is 0 Å². The van der Waals surface area contributed by atoms with Crippen molar-refractivity contribution in [3.8, 4) is 0 Å². The molecule has 5 heteroatoms. The topological polar surface area (TPSA) is 46.9 Å². The van der Waals surface area contributed by atoms with Crippen molar-refractivity contribution < 1.29 is 0 Å². The lowest BCUT2D eigenvalue weighted by atomic mass is 9.76. The minimum atomic E-state index is -0.254. The van der Waals surface area contributed by atoms with Crippen LogP contribution >= 0.6 is 11.6 Å². The number of halogens is 1. The van der Waals surface area contributed by atoms with Crippen molar-refractivity contribution in [3.05, 3.63) is 21.6 Å². The highest BCUT2D eigenvalue weighted by Gasteiger charge is 2.26. The molecule has 1 N–H and O–H groups in total. The van der Waals surface area contributed by atoms with Gasteiger partial charge in [-0.3, -0.25) is 4.79 Å². The fourth-order valence-corrected chi connectivity index (χ4v) is 2.76. The quantitative estimate of drug-likeness (QED) is 0.918. The SMILES string of the molecule is Cn1ncc(NCC2(C)CCCCC2)c(Cl)c1=O. The van der Waals surface area contributed by atoms with Gasteiger partial charge in [-0.05, 0) is 18.3 Å². The molecule has 1 aromatic heterocycles. The molecule has 0 aliphatic heterocycles. The number of hydrogen-bond acceptors (Lipinski definition) is 3. The summed E-state index contributed by atoms with van der Waals surface area (Å²) >= 11 is 6.03. The van der Waals surface area contributed by atoms with Gasteiger partial charge in [0, 0.05) is 13.6 Å². The lowest BCUT2D eigenvalue weighted by Crippen LogP contribution is -2.30. The number of hydrogen-bond donors (Lipinski definition) is 1. The van der Waals surface area contributed by atoms with Crippen LogP contribution in [-0.4, -0.2) is 16.3 Å². The van der Waals surface area contributed by atoms with E-state index >= 15 is 0 Å². The third-order valence-corrected chi connectivity index (χ3v) is 4.21. The van der Waals surface area contributed by atoms with Crippen LogP contribution in [0.1, 0.15) is 39.0 Å². The molecule has 18 heavy (non-hydrogen) atoms. The van der Waals surface area contributed by atoms with E-state index in [4.69, 9.17) is 11.6 Å². The van der Waals surface area contributed by atoms with Gasteiger partial charge in [-0.1, -0.05) is 37.8 Å². The molecule has 1 saturated carbocycles. The van der Waals surface area contributed by atoms with Crippen molar-refractivity contribution in [1.82, 2.24) is 9.78 Å². The van der Waals surface area contributed by atoms with Gasteiger partial charge in [0.15, 0.2) is 0 Å². The minimum absolute atomic E-state index is 0.229. The summed E-state index contributed by atoms with van der Waals surface area (Å²) in [6.07, 6.45) is 8.01. The average Bonchev–Trinajstić information content (AvgIpc) is 2.36. The first-order valence-electron chi connectivity index (χ1n) is 6.48. The van der Waals surface area contributed by atoms with E-state index in [2.05, 4.69) is 17.3 Å². The molecule has 4 nitrogen and oxygen atoms in total. The Balaban J connectivity index is 2.06. The first-order valence-corrected chi connectivity index (χ1v) is 6.85. The van der Waals surface area contributed by atoms with E-state index in [9.17, 15) is 4.79 Å². The Kier molecular flexibility index (Phi) is 3.95. The Morgan fingerprint density at radius 3 is 2.78 bits per heavy atom. The number of nitrogens with zero attached hydrogens (tertiary/aromatic N) is 2. The van der Waals surface area contributed by atoms with Crippen molar-refractivity contribution >= 4 is 17.3 Å². The molecule has 1 aliphatic carbocycles. The standard InChI is InChI=1S/C13H20ClN3O/c1-13(6-4-3-5-7-13)9-15-10-8-16-17(2)12(18)11(10)14/h8,15H,3-7,9H2,1-2H3. The first kappa shape index (κ1) is 13.4. The molecular weight excluding hydrogens is 250 g/mol. The monoisotopic (exact) mass is 269 g/mol. The molecule has 1 fully saturated rings. The zero-order valence-corrected chi connectivity index (χ0v) is 11.8. The summed E-state index contributed by atoms with van der Waals surface area (Å²) in [5.41, 5.74) is 0.699. The molecule has 100 valence electrons. The van der Waals surface area contributed by atoms with E-state index in [1.54, 1.807) is 13.2 Å². The Bertz CT molecular complexity index is 478. The molecule has 1 aromatic rings. The van der Waals surface area contributed by atoms with Crippen molar-refractivity contribution in [2.45, 2.75) is 39.0 Å². The summed E-state index contributed by atoms with van der Waals surface area (Å²) < 4.78 is 1.25. The number of nitrogens with one attached hydrogen (secondary N) is 1. The second kappa shape index (κ2) is 5.31. The summed E-state index contributed by atoms with van der Waals surface area (Å²) in [7, 11) is 1.60. The van der Waals surface area contributed by atoms with Crippen LogP contribution in [0.4, 0.5) is 5.69 Å². The molecule has 0 saturated heterocycles. The molecular formula is C13H20ClN3O. The first-order chi connectivity index (χ1) is 8.52. The van der Waals surface area contributed by atoms with Gasteiger partial charge in [0.1, 0.15) is 5.02 Å². The lowest BCUT2D eigenvalue weighted by molar-refractivity contribution is 0.233. The maximum Gasteiger partial charge on any atom is 0.287 e. The van der Waals surface area contributed by atoms with Crippen molar-refractivity contribution in [3.63, 3.8) is 0 Å². The maximum absolute atomic E-state index is 11.6. The van der Waals surface area contributed by atoms with E-state index in [-0.39, 0.29) is 10.6 Å². The van der Waals surface area contributed by atoms with Crippen LogP contribution in [0.25, 0.3) is 0 Å². The third kappa shape index (κ3) is 2.86. The smallest absolute Gasteiger partial charge is 0.287 e. The molecule has 0 aromatic carbocycles. The Hall–Kier alpha value is -1.03. The fraction of sp³-hybridized carbons (Fsp3) is 0.692. The highest BCUT2D eigenvalue weighted by molar-refractivity contribution is 6.32. The predicted octanol–water partition coefficient (Wildman–Crippen LogP) is 2.82. The van der Waals surface area contributed by atoms with E-state index in [1.807, 2.05) is 0 Å². The van der Waals surface area contributed by atoms with Crippen LogP contribution in [0.2, 0.25) is 5.02 Å². The van der Waals surface area contributed by atoms with Gasteiger partial charge in [-0.25, -0.2) is 4.68 Å². The summed E-state index contributed by atoms with van der Waals surface area (Å²) in [5, 5.41) is 7.50. The molecule has 0 spiro atoms. The van der Waals surface area contributed by atoms with Gasteiger partial charge in [0.05, 0.1) is 11.9 Å². The molecule has 0 atom stereocenters. The van der Waals surface area contributed by atoms with E-state index in [1.165, 1.54) is 36.8 Å². The van der Waals surface area contributed by atoms with Crippen LogP contribution in [0.3, 0.4) is 0 Å². The number of aryl methyl sites for hydroxylation is 1. The molecule has 0 bridgehead atoms. The summed E-state index contributed by atoms with van der Waals surface area (Å²) in [5.74, 6) is 0. The van der Waals surface area contributed by atoms with Crippen LogP contribution in [0.15, 0.2) is 11.0 Å². The second-order valence-electron chi connectivity index (χ2n) is 5.53. The largest absolute Gasteiger partial charge is 0.382 e. The summed E-state index contributed by atoms with van der Waals surface area (Å²) in [6, 6.07) is 0. The third-order valence-electron chi connectivity index (χ3n) is 3.84. The molecule has 2 rings (SSSR count). The molecule has 1 heterocycles. The second-order valence-corrected chi connectivity index (χ2v) is 5.90. The zero-order chi connectivity index (χ0) is 13.2. The highest BCUT2D eigenvalue weighted by Crippen LogP contribution is 2.36. The number of aromatic nitrogens is 2. The molecule has 0 radical (unpaired) electrons. The molecule has 0 amide bonds. The fourth-order valence-electron chi connectivity index (χ4n) is 2.52. The summed E-state index contributed by atoms with van der Waals surface area (Å²) in [6.45, 7) is 3.14. The minimum Gasteiger partial charge on any atom is -0.382 e.